The third-order valence-electron chi connectivity index (χ3n) is 6.46. The van der Waals surface area contributed by atoms with Crippen LogP contribution in [0.4, 0.5) is 0 Å². The first-order valence-electron chi connectivity index (χ1n) is 15.2. The molecule has 0 spiro atoms. The molecule has 0 amide bonds. The van der Waals surface area contributed by atoms with Crippen molar-refractivity contribution < 1.29 is 34.0 Å². The molecule has 37 heavy (non-hydrogen) atoms. The fraction of sp³-hybridized carbons (Fsp3) is 0.933. The van der Waals surface area contributed by atoms with E-state index in [1.165, 1.54) is 77.0 Å². The number of carbonyl (C=O) groups excluding carboxylic acids is 2. The van der Waals surface area contributed by atoms with E-state index >= 15 is 0 Å². The van der Waals surface area contributed by atoms with Gasteiger partial charge in [-0.1, -0.05) is 117 Å². The quantitative estimate of drug-likeness (QED) is 0.0862. The molecule has 0 aromatic carbocycles. The molecule has 7 heteroatoms. The van der Waals surface area contributed by atoms with Gasteiger partial charge < -0.3 is 24.4 Å². The van der Waals surface area contributed by atoms with Gasteiger partial charge in [-0.05, 0) is 12.8 Å². The molecular weight excluding hydrogens is 472 g/mol. The van der Waals surface area contributed by atoms with Crippen LogP contribution < -0.4 is 0 Å². The standard InChI is InChI=1S/C30H58O7/c1-3-5-7-9-11-13-15-17-19-21-29(33)36-25-27(31)23-35-24-28(32)26-37-30(34)22-20-18-16-14-12-10-8-6-4-2/h27-28,31-32H,3-26H2,1-2H3. The lowest BCUT2D eigenvalue weighted by atomic mass is 10.1. The first-order valence-corrected chi connectivity index (χ1v) is 15.2. The van der Waals surface area contributed by atoms with Gasteiger partial charge in [0.25, 0.3) is 0 Å². The Hall–Kier alpha value is -1.18. The van der Waals surface area contributed by atoms with Crippen LogP contribution in [0.2, 0.25) is 0 Å². The van der Waals surface area contributed by atoms with Gasteiger partial charge in [0.15, 0.2) is 0 Å². The fourth-order valence-electron chi connectivity index (χ4n) is 4.12. The molecule has 2 N–H and O–H groups in total. The summed E-state index contributed by atoms with van der Waals surface area (Å²) in [5, 5.41) is 19.8. The van der Waals surface area contributed by atoms with Crippen molar-refractivity contribution in [3.63, 3.8) is 0 Å². The lowest BCUT2D eigenvalue weighted by Gasteiger charge is -2.15. The van der Waals surface area contributed by atoms with Crippen molar-refractivity contribution in [1.82, 2.24) is 0 Å². The largest absolute Gasteiger partial charge is 0.463 e. The Morgan fingerprint density at radius 1 is 0.486 bits per heavy atom. The average Bonchev–Trinajstić information content (AvgIpc) is 2.88. The Bertz CT molecular complexity index is 468. The summed E-state index contributed by atoms with van der Waals surface area (Å²) in [6.45, 7) is 4.07. The summed E-state index contributed by atoms with van der Waals surface area (Å²) in [4.78, 5) is 23.6. The first-order chi connectivity index (χ1) is 18.0. The molecule has 0 aliphatic carbocycles. The number of carbonyl (C=O) groups is 2. The predicted molar refractivity (Wildman–Crippen MR) is 148 cm³/mol. The van der Waals surface area contributed by atoms with Crippen LogP contribution in [-0.2, 0) is 23.8 Å². The van der Waals surface area contributed by atoms with E-state index in [1.54, 1.807) is 0 Å². The number of ether oxygens (including phenoxy) is 3. The van der Waals surface area contributed by atoms with Crippen molar-refractivity contribution in [1.29, 1.82) is 0 Å². The Labute approximate surface area is 227 Å². The summed E-state index contributed by atoms with van der Waals surface area (Å²) in [6, 6.07) is 0. The highest BCUT2D eigenvalue weighted by atomic mass is 16.6. The summed E-state index contributed by atoms with van der Waals surface area (Å²) >= 11 is 0. The molecule has 220 valence electrons. The average molecular weight is 531 g/mol. The summed E-state index contributed by atoms with van der Waals surface area (Å²) in [6.07, 6.45) is 20.2. The molecule has 2 atom stereocenters. The van der Waals surface area contributed by atoms with E-state index in [4.69, 9.17) is 14.2 Å². The second-order valence-corrected chi connectivity index (χ2v) is 10.4. The lowest BCUT2D eigenvalue weighted by molar-refractivity contribution is -0.149. The number of unbranched alkanes of at least 4 members (excludes halogenated alkanes) is 16. The van der Waals surface area contributed by atoms with Crippen molar-refractivity contribution in [3.05, 3.63) is 0 Å². The van der Waals surface area contributed by atoms with E-state index in [0.717, 1.165) is 38.5 Å². The van der Waals surface area contributed by atoms with Crippen molar-refractivity contribution in [2.24, 2.45) is 0 Å². The van der Waals surface area contributed by atoms with E-state index < -0.39 is 12.2 Å². The Balaban J connectivity index is 3.53. The van der Waals surface area contributed by atoms with Crippen LogP contribution in [0.1, 0.15) is 142 Å². The first kappa shape index (κ1) is 35.8. The van der Waals surface area contributed by atoms with Gasteiger partial charge in [0, 0.05) is 12.8 Å². The zero-order chi connectivity index (χ0) is 27.4. The van der Waals surface area contributed by atoms with Crippen LogP contribution in [0.5, 0.6) is 0 Å². The summed E-state index contributed by atoms with van der Waals surface area (Å²) in [5.74, 6) is -0.609. The molecule has 0 saturated heterocycles. The van der Waals surface area contributed by atoms with Crippen LogP contribution in [-0.4, -0.2) is 60.8 Å². The van der Waals surface area contributed by atoms with Crippen LogP contribution in [0, 0.1) is 0 Å². The molecule has 0 aliphatic rings. The van der Waals surface area contributed by atoms with Crippen molar-refractivity contribution >= 4 is 11.9 Å². The highest BCUT2D eigenvalue weighted by Crippen LogP contribution is 2.12. The third-order valence-corrected chi connectivity index (χ3v) is 6.46. The Kier molecular flexibility index (Phi) is 27.0. The van der Waals surface area contributed by atoms with Gasteiger partial charge in [0.05, 0.1) is 13.2 Å². The monoisotopic (exact) mass is 530 g/mol. The maximum atomic E-state index is 11.8. The second kappa shape index (κ2) is 27.8. The van der Waals surface area contributed by atoms with Gasteiger partial charge in [0.2, 0.25) is 0 Å². The summed E-state index contributed by atoms with van der Waals surface area (Å²) in [5.41, 5.74) is 0. The molecule has 0 heterocycles. The van der Waals surface area contributed by atoms with E-state index in [-0.39, 0.29) is 38.4 Å². The molecule has 7 nitrogen and oxygen atoms in total. The van der Waals surface area contributed by atoms with Gasteiger partial charge >= 0.3 is 11.9 Å². The van der Waals surface area contributed by atoms with E-state index in [2.05, 4.69) is 13.8 Å². The summed E-state index contributed by atoms with van der Waals surface area (Å²) < 4.78 is 15.5. The van der Waals surface area contributed by atoms with Crippen molar-refractivity contribution in [2.45, 2.75) is 154 Å². The molecule has 0 bridgehead atoms. The van der Waals surface area contributed by atoms with Gasteiger partial charge in [-0.2, -0.15) is 0 Å². The van der Waals surface area contributed by atoms with E-state index in [9.17, 15) is 19.8 Å². The number of esters is 2. The van der Waals surface area contributed by atoms with Gasteiger partial charge in [0.1, 0.15) is 25.4 Å². The normalized spacial score (nSPS) is 12.9. The second-order valence-electron chi connectivity index (χ2n) is 10.4. The van der Waals surface area contributed by atoms with Crippen LogP contribution in [0.15, 0.2) is 0 Å². The number of hydrogen-bond donors (Lipinski definition) is 2. The highest BCUT2D eigenvalue weighted by Gasteiger charge is 2.13. The van der Waals surface area contributed by atoms with E-state index in [0.29, 0.717) is 12.8 Å². The molecule has 0 aromatic rings. The zero-order valence-electron chi connectivity index (χ0n) is 24.1. The third kappa shape index (κ3) is 27.7. The minimum atomic E-state index is -0.950. The minimum absolute atomic E-state index is 0.0608. The maximum Gasteiger partial charge on any atom is 0.305 e. The Morgan fingerprint density at radius 2 is 0.784 bits per heavy atom. The fourth-order valence-corrected chi connectivity index (χ4v) is 4.12. The molecule has 0 rings (SSSR count). The van der Waals surface area contributed by atoms with Crippen LogP contribution in [0.3, 0.4) is 0 Å². The molecule has 0 aromatic heterocycles. The number of hydrogen-bond acceptors (Lipinski definition) is 7. The number of aliphatic hydroxyl groups is 2. The zero-order valence-corrected chi connectivity index (χ0v) is 24.1. The summed E-state index contributed by atoms with van der Waals surface area (Å²) in [7, 11) is 0. The lowest BCUT2D eigenvalue weighted by Crippen LogP contribution is -2.28. The Morgan fingerprint density at radius 3 is 1.11 bits per heavy atom. The molecule has 0 saturated carbocycles. The molecule has 0 radical (unpaired) electrons. The highest BCUT2D eigenvalue weighted by molar-refractivity contribution is 5.69. The minimum Gasteiger partial charge on any atom is -0.463 e. The van der Waals surface area contributed by atoms with Gasteiger partial charge in [-0.25, -0.2) is 0 Å². The molecule has 0 fully saturated rings. The SMILES string of the molecule is CCCCCCCCCCCC(=O)OCC(O)COCC(O)COC(=O)CCCCCCCCCCC. The van der Waals surface area contributed by atoms with Crippen LogP contribution >= 0.6 is 0 Å². The smallest absolute Gasteiger partial charge is 0.305 e. The van der Waals surface area contributed by atoms with E-state index in [1.807, 2.05) is 0 Å². The number of rotatable bonds is 28. The molecule has 0 aliphatic heterocycles. The van der Waals surface area contributed by atoms with Crippen molar-refractivity contribution in [2.75, 3.05) is 26.4 Å². The van der Waals surface area contributed by atoms with Crippen molar-refractivity contribution in [3.8, 4) is 0 Å². The topological polar surface area (TPSA) is 102 Å². The molecule has 2 unspecified atom stereocenters. The molecular formula is C30H58O7. The predicted octanol–water partition coefficient (Wildman–Crippen LogP) is 6.65. The van der Waals surface area contributed by atoms with Crippen LogP contribution in [0.25, 0.3) is 0 Å². The van der Waals surface area contributed by atoms with Gasteiger partial charge in [-0.15, -0.1) is 0 Å². The maximum absolute atomic E-state index is 11.8. The number of aliphatic hydroxyl groups excluding tert-OH is 2. The van der Waals surface area contributed by atoms with Gasteiger partial charge in [-0.3, -0.25) is 9.59 Å².